The smallest absolute Gasteiger partial charge is 0.0900 e. The Balaban J connectivity index is 2.59. The molecule has 1 aromatic carbocycles. The third-order valence-electron chi connectivity index (χ3n) is 1.93. The summed E-state index contributed by atoms with van der Waals surface area (Å²) in [5, 5.41) is 0.566. The van der Waals surface area contributed by atoms with E-state index in [0.717, 1.165) is 15.7 Å². The molecule has 2 rings (SSSR count). The van der Waals surface area contributed by atoms with E-state index in [0.29, 0.717) is 10.7 Å². The van der Waals surface area contributed by atoms with Crippen LogP contribution in [-0.4, -0.2) is 9.97 Å². The fourth-order valence-electron chi connectivity index (χ4n) is 1.20. The fourth-order valence-corrected chi connectivity index (χ4v) is 1.81. The van der Waals surface area contributed by atoms with Crippen molar-refractivity contribution in [3.8, 4) is 11.3 Å². The van der Waals surface area contributed by atoms with Crippen molar-refractivity contribution in [3.05, 3.63) is 40.2 Å². The molecule has 5 heteroatoms. The fraction of sp³-hybridized carbons (Fsp3) is 0. The van der Waals surface area contributed by atoms with E-state index in [1.807, 2.05) is 6.07 Å². The molecule has 0 aliphatic rings. The molecule has 76 valence electrons. The summed E-state index contributed by atoms with van der Waals surface area (Å²) in [6.45, 7) is 0. The number of aromatic nitrogens is 2. The maximum atomic E-state index is 6.07. The lowest BCUT2D eigenvalue weighted by atomic mass is 10.1. The number of nitrogen functional groups attached to an aromatic ring is 1. The van der Waals surface area contributed by atoms with Gasteiger partial charge in [0.1, 0.15) is 0 Å². The van der Waals surface area contributed by atoms with Crippen LogP contribution in [0.25, 0.3) is 11.3 Å². The number of nitrogens with two attached hydrogens (primary N) is 1. The Morgan fingerprint density at radius 2 is 2.07 bits per heavy atom. The average molecular weight is 285 g/mol. The normalized spacial score (nSPS) is 10.3. The molecule has 0 aliphatic heterocycles. The first-order chi connectivity index (χ1) is 7.18. The standard InChI is InChI=1S/C10H7BrClN3/c11-7-3-6(8(12)4-9(7)13)10-5-14-1-2-15-10/h1-5H,13H2. The summed E-state index contributed by atoms with van der Waals surface area (Å²) in [4.78, 5) is 8.16. The van der Waals surface area contributed by atoms with E-state index in [9.17, 15) is 0 Å². The van der Waals surface area contributed by atoms with Gasteiger partial charge in [-0.3, -0.25) is 9.97 Å². The molecule has 0 bridgehead atoms. The summed E-state index contributed by atoms with van der Waals surface area (Å²) < 4.78 is 0.799. The Hall–Kier alpha value is -1.13. The van der Waals surface area contributed by atoms with Gasteiger partial charge < -0.3 is 5.73 Å². The molecule has 2 N–H and O–H groups in total. The molecule has 0 spiro atoms. The molecule has 0 fully saturated rings. The second-order valence-corrected chi connectivity index (χ2v) is 4.21. The van der Waals surface area contributed by atoms with Crippen LogP contribution in [0.4, 0.5) is 5.69 Å². The minimum atomic E-state index is 0.566. The third-order valence-corrected chi connectivity index (χ3v) is 2.92. The highest BCUT2D eigenvalue weighted by atomic mass is 79.9. The Morgan fingerprint density at radius 3 is 2.73 bits per heavy atom. The van der Waals surface area contributed by atoms with Crippen LogP contribution >= 0.6 is 27.5 Å². The number of rotatable bonds is 1. The van der Waals surface area contributed by atoms with Crippen molar-refractivity contribution in [2.75, 3.05) is 5.73 Å². The number of halogens is 2. The molecule has 0 unspecified atom stereocenters. The van der Waals surface area contributed by atoms with Gasteiger partial charge in [0, 0.05) is 28.1 Å². The minimum Gasteiger partial charge on any atom is -0.398 e. The Labute approximate surface area is 100 Å². The van der Waals surface area contributed by atoms with Crippen LogP contribution in [0.2, 0.25) is 5.02 Å². The van der Waals surface area contributed by atoms with Crippen molar-refractivity contribution in [2.24, 2.45) is 0 Å². The summed E-state index contributed by atoms with van der Waals surface area (Å²) in [5.74, 6) is 0. The quantitative estimate of drug-likeness (QED) is 0.819. The number of nitrogens with zero attached hydrogens (tertiary/aromatic N) is 2. The minimum absolute atomic E-state index is 0.566. The van der Waals surface area contributed by atoms with Gasteiger partial charge in [-0.2, -0.15) is 0 Å². The second kappa shape index (κ2) is 4.16. The molecule has 0 saturated heterocycles. The monoisotopic (exact) mass is 283 g/mol. The van der Waals surface area contributed by atoms with Crippen molar-refractivity contribution in [1.82, 2.24) is 9.97 Å². The van der Waals surface area contributed by atoms with Gasteiger partial charge in [0.15, 0.2) is 0 Å². The highest BCUT2D eigenvalue weighted by Crippen LogP contribution is 2.32. The zero-order valence-electron chi connectivity index (χ0n) is 7.61. The Morgan fingerprint density at radius 1 is 1.27 bits per heavy atom. The third kappa shape index (κ3) is 2.11. The molecular weight excluding hydrogens is 277 g/mol. The maximum absolute atomic E-state index is 6.07. The largest absolute Gasteiger partial charge is 0.398 e. The maximum Gasteiger partial charge on any atom is 0.0900 e. The highest BCUT2D eigenvalue weighted by molar-refractivity contribution is 9.10. The summed E-state index contributed by atoms with van der Waals surface area (Å²) in [6.07, 6.45) is 4.89. The SMILES string of the molecule is Nc1cc(Cl)c(-c2cnccn2)cc1Br. The Kier molecular flexibility index (Phi) is 2.88. The van der Waals surface area contributed by atoms with E-state index in [1.54, 1.807) is 24.7 Å². The van der Waals surface area contributed by atoms with E-state index in [1.165, 1.54) is 0 Å². The van der Waals surface area contributed by atoms with Gasteiger partial charge in [-0.1, -0.05) is 11.6 Å². The molecule has 1 heterocycles. The van der Waals surface area contributed by atoms with Gasteiger partial charge in [-0.15, -0.1) is 0 Å². The number of hydrogen-bond donors (Lipinski definition) is 1. The lowest BCUT2D eigenvalue weighted by Crippen LogP contribution is -1.90. The van der Waals surface area contributed by atoms with Crippen molar-refractivity contribution in [2.45, 2.75) is 0 Å². The zero-order chi connectivity index (χ0) is 10.8. The van der Waals surface area contributed by atoms with Gasteiger partial charge >= 0.3 is 0 Å². The summed E-state index contributed by atoms with van der Waals surface area (Å²) in [6, 6.07) is 3.53. The lowest BCUT2D eigenvalue weighted by molar-refractivity contribution is 1.21. The summed E-state index contributed by atoms with van der Waals surface area (Å²) in [5.41, 5.74) is 7.84. The van der Waals surface area contributed by atoms with E-state index in [-0.39, 0.29) is 0 Å². The van der Waals surface area contributed by atoms with Crippen molar-refractivity contribution in [3.63, 3.8) is 0 Å². The predicted molar refractivity (Wildman–Crippen MR) is 64.6 cm³/mol. The zero-order valence-corrected chi connectivity index (χ0v) is 9.96. The number of anilines is 1. The first kappa shape index (κ1) is 10.4. The number of hydrogen-bond acceptors (Lipinski definition) is 3. The topological polar surface area (TPSA) is 51.8 Å². The molecule has 15 heavy (non-hydrogen) atoms. The van der Waals surface area contributed by atoms with Crippen LogP contribution in [0, 0.1) is 0 Å². The van der Waals surface area contributed by atoms with Crippen LogP contribution in [0.5, 0.6) is 0 Å². The first-order valence-corrected chi connectivity index (χ1v) is 5.36. The molecule has 0 radical (unpaired) electrons. The molecule has 0 saturated carbocycles. The Bertz CT molecular complexity index is 488. The van der Waals surface area contributed by atoms with Crippen molar-refractivity contribution >= 4 is 33.2 Å². The molecule has 2 aromatic rings. The molecule has 0 atom stereocenters. The van der Waals surface area contributed by atoms with Crippen LogP contribution in [0.15, 0.2) is 35.2 Å². The van der Waals surface area contributed by atoms with Crippen LogP contribution in [0.1, 0.15) is 0 Å². The van der Waals surface area contributed by atoms with E-state index in [2.05, 4.69) is 25.9 Å². The van der Waals surface area contributed by atoms with Gasteiger partial charge in [-0.25, -0.2) is 0 Å². The number of benzene rings is 1. The molecular formula is C10H7BrClN3. The lowest BCUT2D eigenvalue weighted by Gasteiger charge is -2.05. The van der Waals surface area contributed by atoms with Crippen LogP contribution in [-0.2, 0) is 0 Å². The highest BCUT2D eigenvalue weighted by Gasteiger charge is 2.07. The van der Waals surface area contributed by atoms with Gasteiger partial charge in [0.25, 0.3) is 0 Å². The molecule has 0 amide bonds. The molecule has 1 aromatic heterocycles. The average Bonchev–Trinajstić information content (AvgIpc) is 2.25. The first-order valence-electron chi connectivity index (χ1n) is 4.19. The van der Waals surface area contributed by atoms with Crippen LogP contribution in [0.3, 0.4) is 0 Å². The van der Waals surface area contributed by atoms with Crippen molar-refractivity contribution < 1.29 is 0 Å². The van der Waals surface area contributed by atoms with Gasteiger partial charge in [-0.05, 0) is 28.1 Å². The molecule has 0 aliphatic carbocycles. The van der Waals surface area contributed by atoms with Gasteiger partial charge in [0.2, 0.25) is 0 Å². The predicted octanol–water partition coefficient (Wildman–Crippen LogP) is 3.14. The summed E-state index contributed by atoms with van der Waals surface area (Å²) >= 11 is 9.41. The van der Waals surface area contributed by atoms with E-state index in [4.69, 9.17) is 17.3 Å². The molecule has 3 nitrogen and oxygen atoms in total. The van der Waals surface area contributed by atoms with E-state index < -0.39 is 0 Å². The second-order valence-electron chi connectivity index (χ2n) is 2.94. The summed E-state index contributed by atoms with van der Waals surface area (Å²) in [7, 11) is 0. The van der Waals surface area contributed by atoms with E-state index >= 15 is 0 Å². The van der Waals surface area contributed by atoms with Crippen molar-refractivity contribution in [1.29, 1.82) is 0 Å². The van der Waals surface area contributed by atoms with Crippen LogP contribution < -0.4 is 5.73 Å². The van der Waals surface area contributed by atoms with Gasteiger partial charge in [0.05, 0.1) is 16.9 Å².